The molecule has 0 aliphatic carbocycles. The maximum Gasteiger partial charge on any atom is 0.137 e. The highest BCUT2D eigenvalue weighted by atomic mass is 79.9. The minimum atomic E-state index is -0.335. The van der Waals surface area contributed by atoms with Crippen LogP contribution in [0.3, 0.4) is 0 Å². The number of hydrogen-bond acceptors (Lipinski definition) is 3. The van der Waals surface area contributed by atoms with Crippen molar-refractivity contribution in [1.29, 1.82) is 0 Å². The summed E-state index contributed by atoms with van der Waals surface area (Å²) < 4.78 is 6.26. The van der Waals surface area contributed by atoms with Gasteiger partial charge < -0.3 is 10.5 Å². The summed E-state index contributed by atoms with van der Waals surface area (Å²) in [7, 11) is 0. The minimum Gasteiger partial charge on any atom is -0.492 e. The molecular formula is C14H14BrClN2O. The van der Waals surface area contributed by atoms with Crippen LogP contribution in [0.15, 0.2) is 41.1 Å². The van der Waals surface area contributed by atoms with Crippen molar-refractivity contribution in [2.75, 3.05) is 6.61 Å². The largest absolute Gasteiger partial charge is 0.492 e. The van der Waals surface area contributed by atoms with E-state index in [0.717, 1.165) is 15.6 Å². The number of benzene rings is 1. The Labute approximate surface area is 125 Å². The second kappa shape index (κ2) is 6.37. The van der Waals surface area contributed by atoms with E-state index in [-0.39, 0.29) is 6.04 Å². The molecule has 0 amide bonds. The average molecular weight is 342 g/mol. The van der Waals surface area contributed by atoms with Crippen molar-refractivity contribution in [3.05, 3.63) is 57.3 Å². The van der Waals surface area contributed by atoms with E-state index in [1.54, 1.807) is 12.4 Å². The third-order valence-electron chi connectivity index (χ3n) is 2.72. The third kappa shape index (κ3) is 3.26. The molecule has 0 saturated carbocycles. The zero-order chi connectivity index (χ0) is 13.8. The SMILES string of the molecule is CCOc1cncc(C(N)c2cccc(Br)c2Cl)c1. The summed E-state index contributed by atoms with van der Waals surface area (Å²) in [4.78, 5) is 4.14. The van der Waals surface area contributed by atoms with Crippen molar-refractivity contribution in [3.8, 4) is 5.75 Å². The number of aromatic nitrogens is 1. The number of hydrogen-bond donors (Lipinski definition) is 1. The fourth-order valence-electron chi connectivity index (χ4n) is 1.79. The average Bonchev–Trinajstić information content (AvgIpc) is 2.42. The Bertz CT molecular complexity index is 577. The van der Waals surface area contributed by atoms with Crippen LogP contribution in [0.5, 0.6) is 5.75 Å². The first-order valence-electron chi connectivity index (χ1n) is 5.90. The summed E-state index contributed by atoms with van der Waals surface area (Å²) >= 11 is 9.66. The Morgan fingerprint density at radius 1 is 1.42 bits per heavy atom. The van der Waals surface area contributed by atoms with E-state index in [4.69, 9.17) is 22.1 Å². The van der Waals surface area contributed by atoms with E-state index in [1.807, 2.05) is 31.2 Å². The summed E-state index contributed by atoms with van der Waals surface area (Å²) in [6.45, 7) is 2.52. The van der Waals surface area contributed by atoms with Gasteiger partial charge in [0.1, 0.15) is 5.75 Å². The zero-order valence-corrected chi connectivity index (χ0v) is 12.8. The van der Waals surface area contributed by atoms with E-state index in [0.29, 0.717) is 17.4 Å². The fraction of sp³-hybridized carbons (Fsp3) is 0.214. The van der Waals surface area contributed by atoms with Crippen LogP contribution in [0.4, 0.5) is 0 Å². The molecule has 0 fully saturated rings. The van der Waals surface area contributed by atoms with Gasteiger partial charge in [-0.15, -0.1) is 0 Å². The lowest BCUT2D eigenvalue weighted by molar-refractivity contribution is 0.338. The standard InChI is InChI=1S/C14H14BrClN2O/c1-2-19-10-6-9(7-18-8-10)14(17)11-4-3-5-12(15)13(11)16/h3-8,14H,2,17H2,1H3. The molecule has 0 spiro atoms. The van der Waals surface area contributed by atoms with Gasteiger partial charge in [-0.25, -0.2) is 0 Å². The molecule has 1 aromatic heterocycles. The molecule has 2 N–H and O–H groups in total. The first-order chi connectivity index (χ1) is 9.13. The van der Waals surface area contributed by atoms with Gasteiger partial charge in [0.25, 0.3) is 0 Å². The lowest BCUT2D eigenvalue weighted by Gasteiger charge is -2.15. The van der Waals surface area contributed by atoms with E-state index in [9.17, 15) is 0 Å². The second-order valence-corrected chi connectivity index (χ2v) is 5.24. The van der Waals surface area contributed by atoms with Gasteiger partial charge in [0.05, 0.1) is 23.9 Å². The van der Waals surface area contributed by atoms with E-state index >= 15 is 0 Å². The first kappa shape index (κ1) is 14.3. The maximum atomic E-state index is 6.26. The summed E-state index contributed by atoms with van der Waals surface area (Å²) in [5.41, 5.74) is 7.97. The predicted molar refractivity (Wildman–Crippen MR) is 80.6 cm³/mol. The van der Waals surface area contributed by atoms with E-state index < -0.39 is 0 Å². The van der Waals surface area contributed by atoms with Crippen molar-refractivity contribution >= 4 is 27.5 Å². The van der Waals surface area contributed by atoms with Crippen LogP contribution >= 0.6 is 27.5 Å². The van der Waals surface area contributed by atoms with Crippen LogP contribution in [0, 0.1) is 0 Å². The van der Waals surface area contributed by atoms with Gasteiger partial charge in [0.15, 0.2) is 0 Å². The molecule has 100 valence electrons. The van der Waals surface area contributed by atoms with Gasteiger partial charge in [-0.1, -0.05) is 23.7 Å². The Morgan fingerprint density at radius 3 is 2.95 bits per heavy atom. The molecule has 3 nitrogen and oxygen atoms in total. The monoisotopic (exact) mass is 340 g/mol. The molecule has 0 aliphatic rings. The molecule has 1 atom stereocenters. The highest BCUT2D eigenvalue weighted by Crippen LogP contribution is 2.32. The molecule has 1 unspecified atom stereocenters. The third-order valence-corrected chi connectivity index (χ3v) is 4.03. The molecule has 0 saturated heterocycles. The molecule has 0 aliphatic heterocycles. The molecule has 1 aromatic carbocycles. The van der Waals surface area contributed by atoms with Crippen molar-refractivity contribution in [3.63, 3.8) is 0 Å². The van der Waals surface area contributed by atoms with Crippen LogP contribution in [0.1, 0.15) is 24.1 Å². The number of nitrogens with two attached hydrogens (primary N) is 1. The normalized spacial score (nSPS) is 12.2. The highest BCUT2D eigenvalue weighted by molar-refractivity contribution is 9.10. The van der Waals surface area contributed by atoms with Crippen molar-refractivity contribution in [2.24, 2.45) is 5.73 Å². The summed E-state index contributed by atoms with van der Waals surface area (Å²) in [6.07, 6.45) is 3.40. The van der Waals surface area contributed by atoms with Crippen LogP contribution in [-0.4, -0.2) is 11.6 Å². The quantitative estimate of drug-likeness (QED) is 0.916. The van der Waals surface area contributed by atoms with Crippen molar-refractivity contribution in [2.45, 2.75) is 13.0 Å². The Balaban J connectivity index is 2.35. The van der Waals surface area contributed by atoms with Crippen LogP contribution in [0.2, 0.25) is 5.02 Å². The second-order valence-electron chi connectivity index (χ2n) is 4.01. The van der Waals surface area contributed by atoms with Crippen LogP contribution in [0.25, 0.3) is 0 Å². The molecule has 5 heteroatoms. The predicted octanol–water partition coefficient (Wildman–Crippen LogP) is 3.94. The number of halogens is 2. The number of rotatable bonds is 4. The molecule has 2 rings (SSSR count). The first-order valence-corrected chi connectivity index (χ1v) is 7.07. The highest BCUT2D eigenvalue weighted by Gasteiger charge is 2.15. The minimum absolute atomic E-state index is 0.335. The molecule has 0 radical (unpaired) electrons. The van der Waals surface area contributed by atoms with Crippen molar-refractivity contribution in [1.82, 2.24) is 4.98 Å². The van der Waals surface area contributed by atoms with Crippen LogP contribution < -0.4 is 10.5 Å². The van der Waals surface area contributed by atoms with Gasteiger partial charge in [-0.2, -0.15) is 0 Å². The Kier molecular flexibility index (Phi) is 4.80. The maximum absolute atomic E-state index is 6.26. The molecule has 0 bridgehead atoms. The molecule has 19 heavy (non-hydrogen) atoms. The summed E-state index contributed by atoms with van der Waals surface area (Å²) in [6, 6.07) is 7.25. The molecule has 1 heterocycles. The Morgan fingerprint density at radius 2 is 2.21 bits per heavy atom. The summed E-state index contributed by atoms with van der Waals surface area (Å²) in [5, 5.41) is 0.622. The van der Waals surface area contributed by atoms with Gasteiger partial charge in [-0.3, -0.25) is 4.98 Å². The van der Waals surface area contributed by atoms with Gasteiger partial charge >= 0.3 is 0 Å². The van der Waals surface area contributed by atoms with Crippen LogP contribution in [-0.2, 0) is 0 Å². The topological polar surface area (TPSA) is 48.1 Å². The van der Waals surface area contributed by atoms with E-state index in [1.165, 1.54) is 0 Å². The van der Waals surface area contributed by atoms with Gasteiger partial charge in [0, 0.05) is 10.7 Å². The Hall–Kier alpha value is -1.10. The summed E-state index contributed by atoms with van der Waals surface area (Å²) in [5.74, 6) is 0.710. The number of ether oxygens (including phenoxy) is 1. The van der Waals surface area contributed by atoms with Gasteiger partial charge in [-0.05, 0) is 46.1 Å². The zero-order valence-electron chi connectivity index (χ0n) is 10.4. The van der Waals surface area contributed by atoms with E-state index in [2.05, 4.69) is 20.9 Å². The molecule has 2 aromatic rings. The fourth-order valence-corrected chi connectivity index (χ4v) is 2.42. The molecular weight excluding hydrogens is 328 g/mol. The number of nitrogens with zero attached hydrogens (tertiary/aromatic N) is 1. The van der Waals surface area contributed by atoms with Gasteiger partial charge in [0.2, 0.25) is 0 Å². The number of pyridine rings is 1. The van der Waals surface area contributed by atoms with Crippen molar-refractivity contribution < 1.29 is 4.74 Å². The smallest absolute Gasteiger partial charge is 0.137 e. The lowest BCUT2D eigenvalue weighted by Crippen LogP contribution is -2.13. The lowest BCUT2D eigenvalue weighted by atomic mass is 10.0.